The van der Waals surface area contributed by atoms with Gasteiger partial charge in [0.15, 0.2) is 0 Å². The van der Waals surface area contributed by atoms with E-state index in [4.69, 9.17) is 4.98 Å². The zero-order valence-electron chi connectivity index (χ0n) is 11.9. The third-order valence-corrected chi connectivity index (χ3v) is 4.25. The Morgan fingerprint density at radius 1 is 1.10 bits per heavy atom. The summed E-state index contributed by atoms with van der Waals surface area (Å²) in [4.78, 5) is 10.0. The number of pyridine rings is 2. The van der Waals surface area contributed by atoms with Crippen molar-refractivity contribution in [3.63, 3.8) is 0 Å². The quantitative estimate of drug-likeness (QED) is 0.710. The van der Waals surface area contributed by atoms with Gasteiger partial charge in [-0.15, -0.1) is 11.8 Å². The van der Waals surface area contributed by atoms with Crippen LogP contribution in [0.15, 0.2) is 59.8 Å². The second-order valence-corrected chi connectivity index (χ2v) is 5.74. The molecule has 3 rings (SSSR count). The van der Waals surface area contributed by atoms with Crippen molar-refractivity contribution in [2.24, 2.45) is 0 Å². The second-order valence-electron chi connectivity index (χ2n) is 4.69. The topological polar surface area (TPSA) is 37.8 Å². The maximum atomic E-state index is 4.74. The number of hydrogen-bond acceptors (Lipinski definition) is 4. The first-order valence-electron chi connectivity index (χ1n) is 7.02. The average molecular weight is 295 g/mol. The van der Waals surface area contributed by atoms with Gasteiger partial charge in [-0.3, -0.25) is 4.98 Å². The van der Waals surface area contributed by atoms with Gasteiger partial charge in [0.25, 0.3) is 0 Å². The summed E-state index contributed by atoms with van der Waals surface area (Å²) in [5.74, 6) is 1.88. The summed E-state index contributed by atoms with van der Waals surface area (Å²) in [6.45, 7) is 2.97. The predicted octanol–water partition coefficient (Wildman–Crippen LogP) is 4.35. The van der Waals surface area contributed by atoms with E-state index in [0.29, 0.717) is 0 Å². The number of fused-ring (bicyclic) bond motifs is 1. The number of benzene rings is 1. The van der Waals surface area contributed by atoms with E-state index >= 15 is 0 Å². The molecule has 0 aliphatic carbocycles. The Labute approximate surface area is 128 Å². The zero-order valence-corrected chi connectivity index (χ0v) is 12.7. The van der Waals surface area contributed by atoms with Crippen LogP contribution >= 0.6 is 11.8 Å². The molecule has 4 heteroatoms. The number of anilines is 1. The summed E-state index contributed by atoms with van der Waals surface area (Å²) in [6.07, 6.45) is 3.65. The van der Waals surface area contributed by atoms with Gasteiger partial charge < -0.3 is 5.32 Å². The maximum absolute atomic E-state index is 4.74. The van der Waals surface area contributed by atoms with Gasteiger partial charge in [-0.1, -0.05) is 18.2 Å². The van der Waals surface area contributed by atoms with Gasteiger partial charge in [0.2, 0.25) is 0 Å². The molecule has 0 saturated heterocycles. The molecule has 0 aliphatic heterocycles. The first kappa shape index (κ1) is 13.9. The number of aromatic nitrogens is 2. The molecule has 0 saturated carbocycles. The van der Waals surface area contributed by atoms with E-state index in [1.54, 1.807) is 11.8 Å². The van der Waals surface area contributed by atoms with Gasteiger partial charge in [-0.05, 0) is 31.2 Å². The monoisotopic (exact) mass is 295 g/mol. The highest BCUT2D eigenvalue weighted by atomic mass is 32.2. The molecule has 0 unspecified atom stereocenters. The Balaban J connectivity index is 1.90. The Morgan fingerprint density at radius 2 is 1.90 bits per heavy atom. The number of nitrogens with zero attached hydrogens (tertiary/aromatic N) is 2. The van der Waals surface area contributed by atoms with Crippen LogP contribution in [0.3, 0.4) is 0 Å². The first-order valence-corrected chi connectivity index (χ1v) is 8.00. The molecular weight excluding hydrogens is 278 g/mol. The van der Waals surface area contributed by atoms with Crippen LogP contribution in [0, 0.1) is 0 Å². The van der Waals surface area contributed by atoms with Crippen molar-refractivity contribution in [1.82, 2.24) is 9.97 Å². The van der Waals surface area contributed by atoms with Crippen LogP contribution in [0.25, 0.3) is 10.9 Å². The summed E-state index contributed by atoms with van der Waals surface area (Å²) in [5.41, 5.74) is 2.27. The van der Waals surface area contributed by atoms with Crippen molar-refractivity contribution >= 4 is 28.5 Å². The SMILES string of the molecule is CCNc1nc2ccccc2cc1CSc1ccncc1. The smallest absolute Gasteiger partial charge is 0.130 e. The fourth-order valence-corrected chi connectivity index (χ4v) is 3.04. The fraction of sp³-hybridized carbons (Fsp3) is 0.176. The van der Waals surface area contributed by atoms with Crippen LogP contribution in [-0.2, 0) is 5.75 Å². The number of rotatable bonds is 5. The highest BCUT2D eigenvalue weighted by Gasteiger charge is 2.07. The minimum atomic E-state index is 0.873. The van der Waals surface area contributed by atoms with Crippen LogP contribution in [0.1, 0.15) is 12.5 Å². The lowest BCUT2D eigenvalue weighted by atomic mass is 10.1. The van der Waals surface area contributed by atoms with E-state index in [2.05, 4.69) is 41.5 Å². The third kappa shape index (κ3) is 3.34. The minimum Gasteiger partial charge on any atom is -0.370 e. The molecule has 0 spiro atoms. The van der Waals surface area contributed by atoms with E-state index in [1.165, 1.54) is 15.8 Å². The molecule has 3 nitrogen and oxygen atoms in total. The first-order chi connectivity index (χ1) is 10.4. The predicted molar refractivity (Wildman–Crippen MR) is 89.7 cm³/mol. The van der Waals surface area contributed by atoms with Crippen molar-refractivity contribution < 1.29 is 0 Å². The Morgan fingerprint density at radius 3 is 2.71 bits per heavy atom. The molecule has 21 heavy (non-hydrogen) atoms. The van der Waals surface area contributed by atoms with E-state index in [0.717, 1.165) is 23.6 Å². The van der Waals surface area contributed by atoms with Crippen LogP contribution in [-0.4, -0.2) is 16.5 Å². The Bertz CT molecular complexity index is 728. The highest BCUT2D eigenvalue weighted by molar-refractivity contribution is 7.98. The van der Waals surface area contributed by atoms with Crippen molar-refractivity contribution in [3.8, 4) is 0 Å². The molecule has 2 aromatic heterocycles. The van der Waals surface area contributed by atoms with E-state index < -0.39 is 0 Å². The molecule has 0 radical (unpaired) electrons. The fourth-order valence-electron chi connectivity index (χ4n) is 2.19. The van der Waals surface area contributed by atoms with Gasteiger partial charge in [0.05, 0.1) is 5.52 Å². The standard InChI is InChI=1S/C17H17N3S/c1-2-19-17-14(12-21-15-7-9-18-10-8-15)11-13-5-3-4-6-16(13)20-17/h3-11H,2,12H2,1H3,(H,19,20). The van der Waals surface area contributed by atoms with Crippen LogP contribution in [0.2, 0.25) is 0 Å². The Hall–Kier alpha value is -2.07. The largest absolute Gasteiger partial charge is 0.370 e. The van der Waals surface area contributed by atoms with Crippen molar-refractivity contribution in [1.29, 1.82) is 0 Å². The number of nitrogens with one attached hydrogen (secondary N) is 1. The van der Waals surface area contributed by atoms with E-state index in [-0.39, 0.29) is 0 Å². The summed E-state index contributed by atoms with van der Waals surface area (Å²) in [6, 6.07) is 14.5. The zero-order chi connectivity index (χ0) is 14.5. The van der Waals surface area contributed by atoms with Crippen LogP contribution in [0.5, 0.6) is 0 Å². The lowest BCUT2D eigenvalue weighted by Crippen LogP contribution is -2.03. The summed E-state index contributed by atoms with van der Waals surface area (Å²) >= 11 is 1.80. The molecule has 0 fully saturated rings. The number of thioether (sulfide) groups is 1. The van der Waals surface area contributed by atoms with Crippen LogP contribution in [0.4, 0.5) is 5.82 Å². The molecule has 0 atom stereocenters. The van der Waals surface area contributed by atoms with E-state index in [1.807, 2.05) is 30.6 Å². The van der Waals surface area contributed by atoms with Crippen molar-refractivity contribution in [2.45, 2.75) is 17.6 Å². The normalized spacial score (nSPS) is 10.7. The molecular formula is C17H17N3S. The Kier molecular flexibility index (Phi) is 4.36. The lowest BCUT2D eigenvalue weighted by molar-refractivity contribution is 1.15. The number of para-hydroxylation sites is 1. The van der Waals surface area contributed by atoms with Crippen LogP contribution < -0.4 is 5.32 Å². The van der Waals surface area contributed by atoms with Gasteiger partial charge in [-0.25, -0.2) is 4.98 Å². The van der Waals surface area contributed by atoms with Crippen molar-refractivity contribution in [3.05, 3.63) is 60.4 Å². The molecule has 0 aliphatic rings. The lowest BCUT2D eigenvalue weighted by Gasteiger charge is -2.11. The molecule has 2 heterocycles. The van der Waals surface area contributed by atoms with Gasteiger partial charge in [0.1, 0.15) is 5.82 Å². The molecule has 1 N–H and O–H groups in total. The van der Waals surface area contributed by atoms with E-state index in [9.17, 15) is 0 Å². The minimum absolute atomic E-state index is 0.873. The third-order valence-electron chi connectivity index (χ3n) is 3.19. The molecule has 0 amide bonds. The summed E-state index contributed by atoms with van der Waals surface area (Å²) < 4.78 is 0. The van der Waals surface area contributed by atoms with Crippen molar-refractivity contribution in [2.75, 3.05) is 11.9 Å². The summed E-state index contributed by atoms with van der Waals surface area (Å²) in [5, 5.41) is 4.55. The molecule has 106 valence electrons. The van der Waals surface area contributed by atoms with Gasteiger partial charge in [0, 0.05) is 40.5 Å². The van der Waals surface area contributed by atoms with Gasteiger partial charge in [-0.2, -0.15) is 0 Å². The number of hydrogen-bond donors (Lipinski definition) is 1. The molecule has 0 bridgehead atoms. The summed E-state index contributed by atoms with van der Waals surface area (Å²) in [7, 11) is 0. The molecule has 3 aromatic rings. The van der Waals surface area contributed by atoms with Gasteiger partial charge >= 0.3 is 0 Å². The second kappa shape index (κ2) is 6.59. The maximum Gasteiger partial charge on any atom is 0.130 e. The average Bonchev–Trinajstić information content (AvgIpc) is 2.54. The molecule has 1 aromatic carbocycles. The highest BCUT2D eigenvalue weighted by Crippen LogP contribution is 2.28.